The van der Waals surface area contributed by atoms with Gasteiger partial charge in [-0.2, -0.15) is 0 Å². The third-order valence-electron chi connectivity index (χ3n) is 5.79. The van der Waals surface area contributed by atoms with Gasteiger partial charge in [0.05, 0.1) is 5.92 Å². The molecule has 1 atom stereocenters. The Morgan fingerprint density at radius 3 is 2.71 bits per heavy atom. The number of carbonyl (C=O) groups excluding carboxylic acids is 2. The fraction of sp³-hybridized carbons (Fsp3) is 0.417. The van der Waals surface area contributed by atoms with Crippen molar-refractivity contribution in [2.45, 2.75) is 26.3 Å². The molecule has 0 aromatic heterocycles. The number of urea groups is 1. The van der Waals surface area contributed by atoms with E-state index in [1.807, 2.05) is 60.4 Å². The van der Waals surface area contributed by atoms with Crippen molar-refractivity contribution in [2.75, 3.05) is 38.2 Å². The van der Waals surface area contributed by atoms with Crippen molar-refractivity contribution in [3.63, 3.8) is 0 Å². The third kappa shape index (κ3) is 4.93. The van der Waals surface area contributed by atoms with Crippen molar-refractivity contribution in [1.82, 2.24) is 9.80 Å². The van der Waals surface area contributed by atoms with Gasteiger partial charge in [0, 0.05) is 37.4 Å². The van der Waals surface area contributed by atoms with Crippen molar-refractivity contribution in [3.05, 3.63) is 54.1 Å². The Hall–Kier alpha value is -3.22. The quantitative estimate of drug-likeness (QED) is 0.795. The number of carbonyl (C=O) groups is 2. The van der Waals surface area contributed by atoms with Gasteiger partial charge in [0.1, 0.15) is 13.2 Å². The molecule has 164 valence electrons. The van der Waals surface area contributed by atoms with Crippen LogP contribution in [-0.2, 0) is 11.3 Å². The summed E-state index contributed by atoms with van der Waals surface area (Å²) in [6.07, 6.45) is 1.60. The van der Waals surface area contributed by atoms with Gasteiger partial charge in [0.25, 0.3) is 0 Å². The molecule has 0 radical (unpaired) electrons. The Morgan fingerprint density at radius 1 is 1.10 bits per heavy atom. The summed E-state index contributed by atoms with van der Waals surface area (Å²) in [6.45, 7) is 5.18. The summed E-state index contributed by atoms with van der Waals surface area (Å²) in [7, 11) is 0. The first-order valence-electron chi connectivity index (χ1n) is 10.9. The molecule has 2 aromatic rings. The maximum atomic E-state index is 13.3. The lowest BCUT2D eigenvalue weighted by molar-refractivity contribution is -0.137. The monoisotopic (exact) mass is 423 g/mol. The number of fused-ring (bicyclic) bond motifs is 1. The number of nitrogens with one attached hydrogen (secondary N) is 1. The zero-order chi connectivity index (χ0) is 21.6. The number of benzene rings is 2. The normalized spacial score (nSPS) is 17.7. The Morgan fingerprint density at radius 2 is 1.90 bits per heavy atom. The molecule has 31 heavy (non-hydrogen) atoms. The summed E-state index contributed by atoms with van der Waals surface area (Å²) in [5, 5.41) is 2.92. The molecule has 1 unspecified atom stereocenters. The lowest BCUT2D eigenvalue weighted by Crippen LogP contribution is -2.47. The van der Waals surface area contributed by atoms with Crippen molar-refractivity contribution in [3.8, 4) is 11.5 Å². The standard InChI is InChI=1S/C24H29N3O4/c1-2-26(16-18-8-6-12-21-22(18)31-15-14-30-21)23(28)19-9-7-13-27(17-19)24(29)25-20-10-4-3-5-11-20/h3-6,8,10-12,19H,2,7,9,13-17H2,1H3,(H,25,29). The molecule has 2 aliphatic rings. The fourth-order valence-electron chi connectivity index (χ4n) is 4.16. The number of para-hydroxylation sites is 2. The number of hydrogen-bond donors (Lipinski definition) is 1. The predicted octanol–water partition coefficient (Wildman–Crippen LogP) is 3.75. The molecular formula is C24H29N3O4. The highest BCUT2D eigenvalue weighted by molar-refractivity contribution is 5.90. The van der Waals surface area contributed by atoms with E-state index in [0.717, 1.165) is 35.6 Å². The van der Waals surface area contributed by atoms with E-state index in [4.69, 9.17) is 9.47 Å². The smallest absolute Gasteiger partial charge is 0.321 e. The van der Waals surface area contributed by atoms with E-state index in [-0.39, 0.29) is 17.9 Å². The molecule has 3 amide bonds. The first-order valence-corrected chi connectivity index (χ1v) is 10.9. The Labute approximate surface area is 182 Å². The van der Waals surface area contributed by atoms with E-state index in [1.54, 1.807) is 4.90 Å². The number of ether oxygens (including phenoxy) is 2. The number of hydrogen-bond acceptors (Lipinski definition) is 4. The number of nitrogens with zero attached hydrogens (tertiary/aromatic N) is 2. The van der Waals surface area contributed by atoms with Crippen LogP contribution >= 0.6 is 0 Å². The highest BCUT2D eigenvalue weighted by atomic mass is 16.6. The largest absolute Gasteiger partial charge is 0.486 e. The number of anilines is 1. The maximum absolute atomic E-state index is 13.3. The summed E-state index contributed by atoms with van der Waals surface area (Å²) in [6, 6.07) is 15.0. The minimum absolute atomic E-state index is 0.0778. The lowest BCUT2D eigenvalue weighted by atomic mass is 9.96. The van der Waals surface area contributed by atoms with E-state index >= 15 is 0 Å². The first-order chi connectivity index (χ1) is 15.2. The van der Waals surface area contributed by atoms with Gasteiger partial charge in [0.2, 0.25) is 5.91 Å². The van der Waals surface area contributed by atoms with E-state index in [0.29, 0.717) is 39.4 Å². The van der Waals surface area contributed by atoms with Crippen LogP contribution in [0.25, 0.3) is 0 Å². The van der Waals surface area contributed by atoms with Crippen LogP contribution < -0.4 is 14.8 Å². The van der Waals surface area contributed by atoms with Crippen LogP contribution in [0.2, 0.25) is 0 Å². The highest BCUT2D eigenvalue weighted by Crippen LogP contribution is 2.34. The third-order valence-corrected chi connectivity index (χ3v) is 5.79. The van der Waals surface area contributed by atoms with Gasteiger partial charge in [-0.3, -0.25) is 4.79 Å². The van der Waals surface area contributed by atoms with Gasteiger partial charge in [-0.1, -0.05) is 30.3 Å². The van der Waals surface area contributed by atoms with E-state index in [1.165, 1.54) is 0 Å². The molecule has 0 saturated carbocycles. The van der Waals surface area contributed by atoms with Crippen LogP contribution in [0.1, 0.15) is 25.3 Å². The highest BCUT2D eigenvalue weighted by Gasteiger charge is 2.31. The zero-order valence-electron chi connectivity index (χ0n) is 17.9. The van der Waals surface area contributed by atoms with Crippen LogP contribution in [0.4, 0.5) is 10.5 Å². The predicted molar refractivity (Wildman–Crippen MR) is 118 cm³/mol. The summed E-state index contributed by atoms with van der Waals surface area (Å²) in [5.74, 6) is 1.34. The van der Waals surface area contributed by atoms with Crippen molar-refractivity contribution in [1.29, 1.82) is 0 Å². The average molecular weight is 424 g/mol. The molecule has 2 aliphatic heterocycles. The van der Waals surface area contributed by atoms with E-state index in [9.17, 15) is 9.59 Å². The Bertz CT molecular complexity index is 918. The minimum atomic E-state index is -0.202. The van der Waals surface area contributed by atoms with Crippen LogP contribution in [-0.4, -0.2) is 54.6 Å². The van der Waals surface area contributed by atoms with Crippen molar-refractivity contribution in [2.24, 2.45) is 5.92 Å². The number of likely N-dealkylation sites (tertiary alicyclic amines) is 1. The van der Waals surface area contributed by atoms with Crippen LogP contribution in [0.3, 0.4) is 0 Å². The molecular weight excluding hydrogens is 394 g/mol. The molecule has 2 heterocycles. The van der Waals surface area contributed by atoms with Crippen LogP contribution in [0, 0.1) is 5.92 Å². The van der Waals surface area contributed by atoms with Crippen molar-refractivity contribution >= 4 is 17.6 Å². The van der Waals surface area contributed by atoms with E-state index < -0.39 is 0 Å². The van der Waals surface area contributed by atoms with Gasteiger partial charge < -0.3 is 24.6 Å². The number of rotatable bonds is 5. The van der Waals surface area contributed by atoms with Gasteiger partial charge in [-0.05, 0) is 38.0 Å². The van der Waals surface area contributed by atoms with Gasteiger partial charge >= 0.3 is 6.03 Å². The zero-order valence-corrected chi connectivity index (χ0v) is 17.9. The van der Waals surface area contributed by atoms with E-state index in [2.05, 4.69) is 5.32 Å². The minimum Gasteiger partial charge on any atom is -0.486 e. The summed E-state index contributed by atoms with van der Waals surface area (Å²) < 4.78 is 11.5. The molecule has 0 spiro atoms. The molecule has 1 fully saturated rings. The van der Waals surface area contributed by atoms with Gasteiger partial charge in [-0.25, -0.2) is 4.79 Å². The average Bonchev–Trinajstić information content (AvgIpc) is 2.83. The molecule has 4 rings (SSSR count). The van der Waals surface area contributed by atoms with Crippen LogP contribution in [0.15, 0.2) is 48.5 Å². The second kappa shape index (κ2) is 9.73. The molecule has 7 heteroatoms. The fourth-order valence-corrected chi connectivity index (χ4v) is 4.16. The number of amides is 3. The van der Waals surface area contributed by atoms with Gasteiger partial charge in [-0.15, -0.1) is 0 Å². The van der Waals surface area contributed by atoms with Crippen LogP contribution in [0.5, 0.6) is 11.5 Å². The topological polar surface area (TPSA) is 71.1 Å². The summed E-state index contributed by atoms with van der Waals surface area (Å²) in [4.78, 5) is 29.6. The summed E-state index contributed by atoms with van der Waals surface area (Å²) in [5.41, 5.74) is 1.70. The summed E-state index contributed by atoms with van der Waals surface area (Å²) >= 11 is 0. The maximum Gasteiger partial charge on any atom is 0.321 e. The van der Waals surface area contributed by atoms with Gasteiger partial charge in [0.15, 0.2) is 11.5 Å². The molecule has 2 aromatic carbocycles. The second-order valence-electron chi connectivity index (χ2n) is 7.88. The molecule has 1 saturated heterocycles. The molecule has 0 aliphatic carbocycles. The SMILES string of the molecule is CCN(Cc1cccc2c1OCCO2)C(=O)C1CCCN(C(=O)Nc2ccccc2)C1. The molecule has 0 bridgehead atoms. The molecule has 7 nitrogen and oxygen atoms in total. The van der Waals surface area contributed by atoms with Crippen molar-refractivity contribution < 1.29 is 19.1 Å². The first kappa shape index (κ1) is 21.0. The Balaban J connectivity index is 1.41. The Kier molecular flexibility index (Phi) is 6.60. The second-order valence-corrected chi connectivity index (χ2v) is 7.88. The molecule has 1 N–H and O–H groups in total. The lowest BCUT2D eigenvalue weighted by Gasteiger charge is -2.35. The number of piperidine rings is 1.